The molecule has 0 unspecified atom stereocenters. The van der Waals surface area contributed by atoms with Gasteiger partial charge in [0.1, 0.15) is 17.3 Å². The normalized spacial score (nSPS) is 16.0. The smallest absolute Gasteiger partial charge is 0.319 e. The Morgan fingerprint density at radius 3 is 2.75 bits per heavy atom. The Morgan fingerprint density at radius 2 is 1.98 bits per heavy atom. The van der Waals surface area contributed by atoms with Crippen LogP contribution in [0, 0.1) is 0 Å². The van der Waals surface area contributed by atoms with Crippen LogP contribution in [0.4, 0.5) is 10.5 Å². The number of aromatic nitrogens is 2. The highest BCUT2D eigenvalue weighted by molar-refractivity contribution is 5.91. The number of para-hydroxylation sites is 2. The number of aryl methyl sites for hydroxylation is 1. The SMILES string of the molecule is COCCCn1c([C@@H]2CCCN(C(=O)C[C@H](N)CNC(=O)Nc3ccc(OC)cc3OC)C2)nc2ccccc21. The highest BCUT2D eigenvalue weighted by Crippen LogP contribution is 2.30. The summed E-state index contributed by atoms with van der Waals surface area (Å²) in [5.41, 5.74) is 8.82. The van der Waals surface area contributed by atoms with Gasteiger partial charge in [0.05, 0.1) is 30.9 Å². The first-order chi connectivity index (χ1) is 19.4. The minimum atomic E-state index is -0.519. The molecule has 2 heterocycles. The number of benzene rings is 2. The molecule has 0 saturated carbocycles. The predicted molar refractivity (Wildman–Crippen MR) is 154 cm³/mol. The lowest BCUT2D eigenvalue weighted by atomic mass is 9.96. The fourth-order valence-corrected chi connectivity index (χ4v) is 5.14. The fraction of sp³-hybridized carbons (Fsp3) is 0.483. The number of hydrogen-bond donors (Lipinski definition) is 3. The van der Waals surface area contributed by atoms with Gasteiger partial charge in [0.2, 0.25) is 5.91 Å². The number of methoxy groups -OCH3 is 3. The molecule has 4 N–H and O–H groups in total. The molecule has 11 heteroatoms. The second kappa shape index (κ2) is 14.0. The van der Waals surface area contributed by atoms with Crippen molar-refractivity contribution in [1.82, 2.24) is 19.8 Å². The number of carbonyl (C=O) groups is 2. The average molecular weight is 553 g/mol. The van der Waals surface area contributed by atoms with Crippen LogP contribution in [0.15, 0.2) is 42.5 Å². The second-order valence-electron chi connectivity index (χ2n) is 10.0. The number of nitrogens with one attached hydrogen (secondary N) is 2. The molecule has 0 bridgehead atoms. The van der Waals surface area contributed by atoms with E-state index in [1.165, 1.54) is 7.11 Å². The first-order valence-corrected chi connectivity index (χ1v) is 13.7. The van der Waals surface area contributed by atoms with Crippen molar-refractivity contribution in [3.05, 3.63) is 48.3 Å². The van der Waals surface area contributed by atoms with Crippen LogP contribution in [-0.4, -0.2) is 80.0 Å². The number of likely N-dealkylation sites (tertiary alicyclic amines) is 1. The van der Waals surface area contributed by atoms with Gasteiger partial charge in [0.15, 0.2) is 0 Å². The summed E-state index contributed by atoms with van der Waals surface area (Å²) in [5.74, 6) is 2.24. The molecule has 0 spiro atoms. The minimum Gasteiger partial charge on any atom is -0.497 e. The maximum atomic E-state index is 13.2. The van der Waals surface area contributed by atoms with Gasteiger partial charge >= 0.3 is 6.03 Å². The summed E-state index contributed by atoms with van der Waals surface area (Å²) in [6, 6.07) is 12.3. The molecule has 0 aliphatic carbocycles. The number of ether oxygens (including phenoxy) is 3. The molecule has 11 nitrogen and oxygen atoms in total. The molecular weight excluding hydrogens is 512 g/mol. The Labute approximate surface area is 235 Å². The van der Waals surface area contributed by atoms with Crippen molar-refractivity contribution in [2.24, 2.45) is 5.73 Å². The van der Waals surface area contributed by atoms with Crippen molar-refractivity contribution in [3.8, 4) is 11.5 Å². The summed E-state index contributed by atoms with van der Waals surface area (Å²) in [5, 5.41) is 5.49. The molecule has 3 amide bonds. The number of urea groups is 1. The number of rotatable bonds is 12. The molecule has 4 rings (SSSR count). The maximum absolute atomic E-state index is 13.2. The van der Waals surface area contributed by atoms with Crippen molar-refractivity contribution in [2.75, 3.05) is 52.9 Å². The van der Waals surface area contributed by atoms with Crippen LogP contribution in [0.1, 0.15) is 37.4 Å². The van der Waals surface area contributed by atoms with Crippen molar-refractivity contribution in [1.29, 1.82) is 0 Å². The third-order valence-corrected chi connectivity index (χ3v) is 7.17. The topological polar surface area (TPSA) is 133 Å². The summed E-state index contributed by atoms with van der Waals surface area (Å²) in [7, 11) is 4.78. The van der Waals surface area contributed by atoms with Gasteiger partial charge in [-0.1, -0.05) is 12.1 Å². The lowest BCUT2D eigenvalue weighted by Gasteiger charge is -2.33. The average Bonchev–Trinajstić information content (AvgIpc) is 3.35. The van der Waals surface area contributed by atoms with Gasteiger partial charge < -0.3 is 40.0 Å². The number of hydrogen-bond acceptors (Lipinski definition) is 7. The molecule has 2 atom stereocenters. The van der Waals surface area contributed by atoms with Crippen LogP contribution in [0.2, 0.25) is 0 Å². The van der Waals surface area contributed by atoms with E-state index in [9.17, 15) is 9.59 Å². The van der Waals surface area contributed by atoms with Crippen LogP contribution in [-0.2, 0) is 16.1 Å². The molecule has 0 radical (unpaired) electrons. The Kier molecular flexibility index (Phi) is 10.2. The zero-order valence-electron chi connectivity index (χ0n) is 23.5. The van der Waals surface area contributed by atoms with E-state index in [1.54, 1.807) is 32.4 Å². The number of fused-ring (bicyclic) bond motifs is 1. The van der Waals surface area contributed by atoms with E-state index in [1.807, 2.05) is 23.1 Å². The van der Waals surface area contributed by atoms with E-state index in [-0.39, 0.29) is 24.8 Å². The third kappa shape index (κ3) is 7.22. The van der Waals surface area contributed by atoms with Gasteiger partial charge in [0, 0.05) is 64.3 Å². The largest absolute Gasteiger partial charge is 0.497 e. The van der Waals surface area contributed by atoms with Gasteiger partial charge in [-0.3, -0.25) is 4.79 Å². The van der Waals surface area contributed by atoms with E-state index in [0.29, 0.717) is 36.9 Å². The van der Waals surface area contributed by atoms with E-state index >= 15 is 0 Å². The monoisotopic (exact) mass is 552 g/mol. The summed E-state index contributed by atoms with van der Waals surface area (Å²) in [6.45, 7) is 2.94. The molecule has 1 aliphatic rings. The van der Waals surface area contributed by atoms with Gasteiger partial charge in [-0.25, -0.2) is 9.78 Å². The standard InChI is InChI=1S/C29H40N6O5/c1-38-15-7-14-35-25-10-5-4-9-23(25)32-28(35)20-8-6-13-34(19-20)27(36)16-21(30)18-31-29(37)33-24-12-11-22(39-2)17-26(24)40-3/h4-5,9-12,17,20-21H,6-8,13-16,18-19,30H2,1-3H3,(H2,31,33,37)/t20-,21+/m1/s1. The molecule has 1 fully saturated rings. The molecule has 216 valence electrons. The van der Waals surface area contributed by atoms with Crippen molar-refractivity contribution in [2.45, 2.75) is 44.2 Å². The Morgan fingerprint density at radius 1 is 1.15 bits per heavy atom. The van der Waals surface area contributed by atoms with Gasteiger partial charge in [-0.2, -0.15) is 0 Å². The Hall–Kier alpha value is -3.83. The summed E-state index contributed by atoms with van der Waals surface area (Å²) < 4.78 is 18.0. The molecule has 3 aromatic rings. The summed E-state index contributed by atoms with van der Waals surface area (Å²) in [6.07, 6.45) is 2.90. The first-order valence-electron chi connectivity index (χ1n) is 13.7. The number of piperidine rings is 1. The van der Waals surface area contributed by atoms with E-state index in [0.717, 1.165) is 42.7 Å². The van der Waals surface area contributed by atoms with Crippen LogP contribution < -0.4 is 25.8 Å². The van der Waals surface area contributed by atoms with Crippen molar-refractivity contribution < 1.29 is 23.8 Å². The molecule has 1 aromatic heterocycles. The fourth-order valence-electron chi connectivity index (χ4n) is 5.14. The zero-order chi connectivity index (χ0) is 28.5. The molecule has 1 saturated heterocycles. The number of carbonyl (C=O) groups excluding carboxylic acids is 2. The lowest BCUT2D eigenvalue weighted by molar-refractivity contribution is -0.132. The zero-order valence-corrected chi connectivity index (χ0v) is 23.5. The predicted octanol–water partition coefficient (Wildman–Crippen LogP) is 3.34. The Balaban J connectivity index is 1.32. The van der Waals surface area contributed by atoms with Gasteiger partial charge in [0.25, 0.3) is 0 Å². The van der Waals surface area contributed by atoms with Crippen LogP contribution in [0.25, 0.3) is 11.0 Å². The highest BCUT2D eigenvalue weighted by atomic mass is 16.5. The van der Waals surface area contributed by atoms with Crippen LogP contribution >= 0.6 is 0 Å². The van der Waals surface area contributed by atoms with E-state index in [2.05, 4.69) is 21.3 Å². The summed E-state index contributed by atoms with van der Waals surface area (Å²) >= 11 is 0. The van der Waals surface area contributed by atoms with Crippen LogP contribution in [0.5, 0.6) is 11.5 Å². The minimum absolute atomic E-state index is 0.0155. The number of imidazole rings is 1. The molecule has 1 aliphatic heterocycles. The van der Waals surface area contributed by atoms with Crippen molar-refractivity contribution >= 4 is 28.7 Å². The molecular formula is C29H40N6O5. The number of anilines is 1. The lowest BCUT2D eigenvalue weighted by Crippen LogP contribution is -2.45. The maximum Gasteiger partial charge on any atom is 0.319 e. The van der Waals surface area contributed by atoms with E-state index in [4.69, 9.17) is 24.9 Å². The van der Waals surface area contributed by atoms with E-state index < -0.39 is 12.1 Å². The highest BCUT2D eigenvalue weighted by Gasteiger charge is 2.29. The quantitative estimate of drug-likeness (QED) is 0.294. The molecule has 2 aromatic carbocycles. The van der Waals surface area contributed by atoms with Gasteiger partial charge in [-0.05, 0) is 43.5 Å². The van der Waals surface area contributed by atoms with Crippen LogP contribution in [0.3, 0.4) is 0 Å². The van der Waals surface area contributed by atoms with Crippen molar-refractivity contribution in [3.63, 3.8) is 0 Å². The number of amides is 3. The number of nitrogens with zero attached hydrogens (tertiary/aromatic N) is 3. The summed E-state index contributed by atoms with van der Waals surface area (Å²) in [4.78, 5) is 32.5. The Bertz CT molecular complexity index is 1300. The third-order valence-electron chi connectivity index (χ3n) is 7.17. The number of nitrogens with two attached hydrogens (primary N) is 1. The second-order valence-corrected chi connectivity index (χ2v) is 10.0. The molecule has 40 heavy (non-hydrogen) atoms. The first kappa shape index (κ1) is 29.2. The van der Waals surface area contributed by atoms with Gasteiger partial charge in [-0.15, -0.1) is 0 Å².